The molecule has 1 heterocycles. The fourth-order valence-corrected chi connectivity index (χ4v) is 3.29. The molecule has 0 spiro atoms. The topological polar surface area (TPSA) is 117 Å². The Labute approximate surface area is 193 Å². The van der Waals surface area contributed by atoms with E-state index in [1.165, 1.54) is 0 Å². The quantitative estimate of drug-likeness (QED) is 0.298. The van der Waals surface area contributed by atoms with Gasteiger partial charge in [-0.2, -0.15) is 0 Å². The van der Waals surface area contributed by atoms with Gasteiger partial charge in [0.15, 0.2) is 0 Å². The molecule has 3 rings (SSSR count). The van der Waals surface area contributed by atoms with Gasteiger partial charge in [0.2, 0.25) is 0 Å². The normalized spacial score (nSPS) is 11.2. The summed E-state index contributed by atoms with van der Waals surface area (Å²) in [6.45, 7) is 4.44. The molecule has 0 saturated heterocycles. The maximum Gasteiger partial charge on any atom is 0.319 e. The number of ether oxygens (including phenoxy) is 4. The third-order valence-corrected chi connectivity index (χ3v) is 4.93. The number of carbonyl (C=O) groups is 1. The predicted octanol–water partition coefficient (Wildman–Crippen LogP) is 3.50. The maximum atomic E-state index is 12.3. The van der Waals surface area contributed by atoms with Gasteiger partial charge in [-0.25, -0.2) is 4.79 Å². The Morgan fingerprint density at radius 1 is 0.909 bits per heavy atom. The van der Waals surface area contributed by atoms with Gasteiger partial charge in [-0.3, -0.25) is 0 Å². The molecule has 0 unspecified atom stereocenters. The van der Waals surface area contributed by atoms with Crippen molar-refractivity contribution in [2.24, 2.45) is 5.73 Å². The lowest BCUT2D eigenvalue weighted by Crippen LogP contribution is -2.30. The number of carbonyl (C=O) groups excluding carboxylic acids is 1. The van der Waals surface area contributed by atoms with E-state index in [-0.39, 0.29) is 6.03 Å². The number of amides is 2. The monoisotopic (exact) mass is 459 g/mol. The molecule has 4 N–H and O–H groups in total. The Morgan fingerprint density at radius 2 is 1.61 bits per heavy atom. The van der Waals surface area contributed by atoms with Crippen LogP contribution in [0.4, 0.5) is 10.5 Å². The largest absolute Gasteiger partial charge is 0.495 e. The van der Waals surface area contributed by atoms with E-state index in [0.717, 1.165) is 22.8 Å². The Hall–Kier alpha value is -2.85. The highest BCUT2D eigenvalue weighted by Gasteiger charge is 2.13. The summed E-state index contributed by atoms with van der Waals surface area (Å²) < 4.78 is 27.6. The first-order valence-electron chi connectivity index (χ1n) is 11.2. The summed E-state index contributed by atoms with van der Waals surface area (Å²) in [7, 11) is 1.57. The fourth-order valence-electron chi connectivity index (χ4n) is 3.29. The zero-order valence-corrected chi connectivity index (χ0v) is 19.1. The van der Waals surface area contributed by atoms with Crippen LogP contribution in [0.15, 0.2) is 40.8 Å². The van der Waals surface area contributed by atoms with Crippen molar-refractivity contribution in [1.82, 2.24) is 5.32 Å². The number of para-hydroxylation sites is 1. The first-order valence-corrected chi connectivity index (χ1v) is 11.2. The van der Waals surface area contributed by atoms with Gasteiger partial charge in [0, 0.05) is 36.6 Å². The summed E-state index contributed by atoms with van der Waals surface area (Å²) in [5, 5.41) is 7.59. The number of methoxy groups -OCH3 is 1. The van der Waals surface area contributed by atoms with Crippen molar-refractivity contribution >= 4 is 33.7 Å². The predicted molar refractivity (Wildman–Crippen MR) is 128 cm³/mol. The minimum Gasteiger partial charge on any atom is -0.495 e. The second-order valence-electron chi connectivity index (χ2n) is 7.36. The molecule has 0 saturated carbocycles. The highest BCUT2D eigenvalue weighted by Crippen LogP contribution is 2.36. The Bertz CT molecular complexity index is 1010. The average molecular weight is 460 g/mol. The Morgan fingerprint density at radius 3 is 2.33 bits per heavy atom. The van der Waals surface area contributed by atoms with Crippen LogP contribution in [0.25, 0.3) is 21.9 Å². The molecule has 9 nitrogen and oxygen atoms in total. The number of nitrogens with two attached hydrogens (primary N) is 1. The lowest BCUT2D eigenvalue weighted by atomic mass is 10.1. The van der Waals surface area contributed by atoms with Gasteiger partial charge in [0.05, 0.1) is 39.2 Å². The van der Waals surface area contributed by atoms with Gasteiger partial charge in [0.1, 0.15) is 16.9 Å². The van der Waals surface area contributed by atoms with Crippen molar-refractivity contribution in [3.05, 3.63) is 36.4 Å². The second kappa shape index (κ2) is 13.6. The van der Waals surface area contributed by atoms with Crippen molar-refractivity contribution in [2.75, 3.05) is 65.2 Å². The van der Waals surface area contributed by atoms with Gasteiger partial charge in [-0.05, 0) is 31.5 Å². The number of furan rings is 1. The molecule has 2 aromatic carbocycles. The van der Waals surface area contributed by atoms with E-state index < -0.39 is 0 Å². The molecule has 180 valence electrons. The number of hydrogen-bond acceptors (Lipinski definition) is 7. The van der Waals surface area contributed by atoms with Crippen molar-refractivity contribution < 1.29 is 28.2 Å². The lowest BCUT2D eigenvalue weighted by Gasteiger charge is -2.11. The summed E-state index contributed by atoms with van der Waals surface area (Å²) in [6.07, 6.45) is 1.55. The van der Waals surface area contributed by atoms with Gasteiger partial charge in [-0.15, -0.1) is 0 Å². The van der Waals surface area contributed by atoms with Gasteiger partial charge >= 0.3 is 6.03 Å². The highest BCUT2D eigenvalue weighted by atomic mass is 16.5. The first-order chi connectivity index (χ1) is 16.2. The number of urea groups is 1. The van der Waals surface area contributed by atoms with Gasteiger partial charge in [0.25, 0.3) is 0 Å². The zero-order valence-electron chi connectivity index (χ0n) is 19.1. The van der Waals surface area contributed by atoms with Crippen LogP contribution in [0.5, 0.6) is 5.75 Å². The van der Waals surface area contributed by atoms with E-state index >= 15 is 0 Å². The number of hydrogen-bond donors (Lipinski definition) is 3. The third-order valence-electron chi connectivity index (χ3n) is 4.93. The minimum atomic E-state index is -0.318. The zero-order chi connectivity index (χ0) is 23.3. The van der Waals surface area contributed by atoms with Crippen LogP contribution in [0.3, 0.4) is 0 Å². The number of benzene rings is 2. The van der Waals surface area contributed by atoms with Crippen molar-refractivity contribution in [3.63, 3.8) is 0 Å². The van der Waals surface area contributed by atoms with Crippen LogP contribution < -0.4 is 21.1 Å². The van der Waals surface area contributed by atoms with Crippen LogP contribution in [0.2, 0.25) is 0 Å². The van der Waals surface area contributed by atoms with E-state index in [1.807, 2.05) is 30.3 Å². The van der Waals surface area contributed by atoms with Crippen LogP contribution in [0.1, 0.15) is 12.8 Å². The standard InChI is InChI=1S/C24H33N3O6/c1-29-23-16-19-18-6-2-3-7-21(18)33-22(19)17-20(23)27-24(28)26-9-5-11-31-13-15-32-14-12-30-10-4-8-25/h2-3,6-7,16-17H,4-5,8-15,25H2,1H3,(H2,26,27,28). The molecule has 0 radical (unpaired) electrons. The molecule has 1 aromatic heterocycles. The van der Waals surface area contributed by atoms with Crippen LogP contribution in [-0.4, -0.2) is 65.9 Å². The summed E-state index contributed by atoms with van der Waals surface area (Å²) in [5.74, 6) is 0.567. The molecule has 0 aliphatic rings. The van der Waals surface area contributed by atoms with E-state index in [0.29, 0.717) is 76.2 Å². The van der Waals surface area contributed by atoms with E-state index in [9.17, 15) is 4.79 Å². The summed E-state index contributed by atoms with van der Waals surface area (Å²) in [4.78, 5) is 12.3. The molecule has 0 atom stereocenters. The van der Waals surface area contributed by atoms with Gasteiger partial charge in [-0.1, -0.05) is 18.2 Å². The van der Waals surface area contributed by atoms with Crippen molar-refractivity contribution in [2.45, 2.75) is 12.8 Å². The SMILES string of the molecule is COc1cc2c(cc1NC(=O)NCCCOCCOCCOCCCN)oc1ccccc12. The summed E-state index contributed by atoms with van der Waals surface area (Å²) >= 11 is 0. The minimum absolute atomic E-state index is 0.318. The maximum absolute atomic E-state index is 12.3. The van der Waals surface area contributed by atoms with E-state index in [2.05, 4.69) is 10.6 Å². The fraction of sp³-hybridized carbons (Fsp3) is 0.458. The smallest absolute Gasteiger partial charge is 0.319 e. The summed E-state index contributed by atoms with van der Waals surface area (Å²) in [6, 6.07) is 11.1. The summed E-state index contributed by atoms with van der Waals surface area (Å²) in [5.41, 5.74) is 7.41. The molecule has 0 bridgehead atoms. The molecular weight excluding hydrogens is 426 g/mol. The van der Waals surface area contributed by atoms with Crippen LogP contribution >= 0.6 is 0 Å². The number of nitrogens with one attached hydrogen (secondary N) is 2. The van der Waals surface area contributed by atoms with E-state index in [4.69, 9.17) is 29.1 Å². The molecule has 33 heavy (non-hydrogen) atoms. The van der Waals surface area contributed by atoms with Crippen molar-refractivity contribution in [3.8, 4) is 5.75 Å². The molecule has 3 aromatic rings. The van der Waals surface area contributed by atoms with Crippen molar-refractivity contribution in [1.29, 1.82) is 0 Å². The van der Waals surface area contributed by atoms with Crippen LogP contribution in [0, 0.1) is 0 Å². The number of anilines is 1. The van der Waals surface area contributed by atoms with E-state index in [1.54, 1.807) is 13.2 Å². The lowest BCUT2D eigenvalue weighted by molar-refractivity contribution is 0.0141. The first kappa shape index (κ1) is 24.8. The number of fused-ring (bicyclic) bond motifs is 3. The van der Waals surface area contributed by atoms with Crippen LogP contribution in [-0.2, 0) is 14.2 Å². The molecule has 2 amide bonds. The molecular formula is C24H33N3O6. The Kier molecular flexibility index (Phi) is 10.2. The van der Waals surface area contributed by atoms with Gasteiger partial charge < -0.3 is 39.7 Å². The average Bonchev–Trinajstić information content (AvgIpc) is 3.18. The second-order valence-corrected chi connectivity index (χ2v) is 7.36. The highest BCUT2D eigenvalue weighted by molar-refractivity contribution is 6.07. The third kappa shape index (κ3) is 7.61. The Balaban J connectivity index is 1.33. The molecule has 0 aliphatic heterocycles. The molecule has 0 fully saturated rings. The number of rotatable bonds is 15. The molecule has 0 aliphatic carbocycles. The molecule has 9 heteroatoms.